The van der Waals surface area contributed by atoms with Crippen LogP contribution in [0.15, 0.2) is 18.2 Å². The van der Waals surface area contributed by atoms with E-state index in [1.54, 1.807) is 7.11 Å². The Hall–Kier alpha value is -1.38. The van der Waals surface area contributed by atoms with Gasteiger partial charge in [0, 0.05) is 25.6 Å². The Kier molecular flexibility index (Phi) is 3.29. The Morgan fingerprint density at radius 2 is 2.00 bits per heavy atom. The first-order valence-electron chi connectivity index (χ1n) is 7.36. The molecule has 1 N–H and O–H groups in total. The third-order valence-corrected chi connectivity index (χ3v) is 4.74. The Morgan fingerprint density at radius 1 is 1.21 bits per heavy atom. The lowest BCUT2D eigenvalue weighted by Crippen LogP contribution is -2.40. The molecule has 1 saturated carbocycles. The molecule has 0 bridgehead atoms. The van der Waals surface area contributed by atoms with E-state index in [4.69, 9.17) is 4.74 Å². The van der Waals surface area contributed by atoms with Gasteiger partial charge < -0.3 is 15.0 Å². The highest BCUT2D eigenvalue weighted by Crippen LogP contribution is 2.44. The number of methoxy groups -OCH3 is 1. The number of ether oxygens (including phenoxy) is 1. The summed E-state index contributed by atoms with van der Waals surface area (Å²) in [4.78, 5) is 2.39. The second-order valence-corrected chi connectivity index (χ2v) is 6.13. The van der Waals surface area contributed by atoms with E-state index in [1.807, 2.05) is 0 Å². The fourth-order valence-corrected chi connectivity index (χ4v) is 3.78. The van der Waals surface area contributed by atoms with Gasteiger partial charge in [0.2, 0.25) is 0 Å². The van der Waals surface area contributed by atoms with E-state index in [-0.39, 0.29) is 0 Å². The van der Waals surface area contributed by atoms with Crippen LogP contribution in [0.2, 0.25) is 0 Å². The van der Waals surface area contributed by atoms with Gasteiger partial charge in [0.25, 0.3) is 0 Å². The van der Waals surface area contributed by atoms with Gasteiger partial charge in [-0.25, -0.2) is 0 Å². The normalized spacial score (nSPS) is 21.5. The Bertz CT molecular complexity index is 452. The highest BCUT2D eigenvalue weighted by molar-refractivity contribution is 5.77. The molecule has 104 valence electrons. The lowest BCUT2D eigenvalue weighted by atomic mass is 9.74. The Morgan fingerprint density at radius 3 is 2.74 bits per heavy atom. The molecule has 3 heteroatoms. The molecule has 0 radical (unpaired) electrons. The molecule has 1 heterocycles. The van der Waals surface area contributed by atoms with Gasteiger partial charge in [-0.05, 0) is 25.0 Å². The number of hydrogen-bond donors (Lipinski definition) is 1. The molecular formula is C16H24N2O. The molecule has 0 atom stereocenters. The molecule has 1 aliphatic heterocycles. The van der Waals surface area contributed by atoms with Crippen LogP contribution in [0.5, 0.6) is 5.75 Å². The highest BCUT2D eigenvalue weighted by atomic mass is 16.5. The first kappa shape index (κ1) is 12.6. The van der Waals surface area contributed by atoms with Gasteiger partial charge in [0.05, 0.1) is 12.8 Å². The number of hydrogen-bond acceptors (Lipinski definition) is 3. The van der Waals surface area contributed by atoms with Crippen molar-refractivity contribution in [1.82, 2.24) is 0 Å². The summed E-state index contributed by atoms with van der Waals surface area (Å²) in [7, 11) is 3.95. The maximum absolute atomic E-state index is 5.53. The van der Waals surface area contributed by atoms with Crippen LogP contribution in [0.1, 0.15) is 32.1 Å². The second-order valence-electron chi connectivity index (χ2n) is 6.13. The molecule has 0 unspecified atom stereocenters. The van der Waals surface area contributed by atoms with Crippen molar-refractivity contribution in [3.8, 4) is 5.75 Å². The van der Waals surface area contributed by atoms with Crippen LogP contribution in [0.4, 0.5) is 11.4 Å². The summed E-state index contributed by atoms with van der Waals surface area (Å²) in [6.07, 6.45) is 6.86. The quantitative estimate of drug-likeness (QED) is 0.836. The standard InChI is InChI=1S/C16H24N2O/c1-18-12-16(9-4-3-5-10-16)11-17-13-7-6-8-14(19-2)15(13)18/h6-8,17H,3-5,9-12H2,1-2H3. The molecule has 1 spiro atoms. The van der Waals surface area contributed by atoms with Crippen molar-refractivity contribution < 1.29 is 4.74 Å². The van der Waals surface area contributed by atoms with Gasteiger partial charge in [0.15, 0.2) is 0 Å². The molecule has 3 nitrogen and oxygen atoms in total. The molecule has 0 saturated heterocycles. The molecule has 1 aliphatic carbocycles. The number of benzene rings is 1. The predicted octanol–water partition coefficient (Wildman–Crippen LogP) is 3.51. The maximum Gasteiger partial charge on any atom is 0.144 e. The van der Waals surface area contributed by atoms with E-state index in [9.17, 15) is 0 Å². The van der Waals surface area contributed by atoms with Crippen molar-refractivity contribution in [2.75, 3.05) is 37.5 Å². The van der Waals surface area contributed by atoms with E-state index in [0.29, 0.717) is 5.41 Å². The topological polar surface area (TPSA) is 24.5 Å². The summed E-state index contributed by atoms with van der Waals surface area (Å²) in [5.41, 5.74) is 2.87. The number of para-hydroxylation sites is 1. The second kappa shape index (κ2) is 4.95. The van der Waals surface area contributed by atoms with E-state index >= 15 is 0 Å². The Balaban J connectivity index is 1.93. The van der Waals surface area contributed by atoms with Crippen LogP contribution in [0.25, 0.3) is 0 Å². The summed E-state index contributed by atoms with van der Waals surface area (Å²) in [5.74, 6) is 0.973. The predicted molar refractivity (Wildman–Crippen MR) is 80.3 cm³/mol. The van der Waals surface area contributed by atoms with Gasteiger partial charge in [-0.15, -0.1) is 0 Å². The zero-order chi connectivity index (χ0) is 13.3. The third-order valence-electron chi connectivity index (χ3n) is 4.74. The molecule has 1 aromatic carbocycles. The number of fused-ring (bicyclic) bond motifs is 1. The van der Waals surface area contributed by atoms with Gasteiger partial charge in [-0.1, -0.05) is 25.3 Å². The van der Waals surface area contributed by atoms with Crippen molar-refractivity contribution in [3.05, 3.63) is 18.2 Å². The minimum atomic E-state index is 0.441. The van der Waals surface area contributed by atoms with Crippen molar-refractivity contribution >= 4 is 11.4 Å². The molecule has 19 heavy (non-hydrogen) atoms. The average molecular weight is 260 g/mol. The zero-order valence-electron chi connectivity index (χ0n) is 12.0. The smallest absolute Gasteiger partial charge is 0.144 e. The average Bonchev–Trinajstić information content (AvgIpc) is 2.58. The third kappa shape index (κ3) is 2.26. The van der Waals surface area contributed by atoms with Crippen LogP contribution in [-0.4, -0.2) is 27.2 Å². The van der Waals surface area contributed by atoms with Gasteiger partial charge in [0.1, 0.15) is 11.4 Å². The summed E-state index contributed by atoms with van der Waals surface area (Å²) >= 11 is 0. The van der Waals surface area contributed by atoms with Gasteiger partial charge in [-0.3, -0.25) is 0 Å². The lowest BCUT2D eigenvalue weighted by Gasteiger charge is -2.38. The van der Waals surface area contributed by atoms with Gasteiger partial charge >= 0.3 is 0 Å². The first-order valence-corrected chi connectivity index (χ1v) is 7.36. The monoisotopic (exact) mass is 260 g/mol. The SMILES string of the molecule is COc1cccc2c1N(C)CC1(CCCCC1)CN2. The van der Waals surface area contributed by atoms with E-state index in [0.717, 1.165) is 18.8 Å². The lowest BCUT2D eigenvalue weighted by molar-refractivity contribution is 0.215. The number of nitrogens with zero attached hydrogens (tertiary/aromatic N) is 1. The summed E-state index contributed by atoms with van der Waals surface area (Å²) in [6.45, 7) is 2.23. The van der Waals surface area contributed by atoms with Gasteiger partial charge in [-0.2, -0.15) is 0 Å². The molecule has 0 aromatic heterocycles. The molecule has 1 fully saturated rings. The number of anilines is 2. The maximum atomic E-state index is 5.53. The van der Waals surface area contributed by atoms with E-state index < -0.39 is 0 Å². The summed E-state index contributed by atoms with van der Waals surface area (Å²) in [5, 5.41) is 3.67. The first-order chi connectivity index (χ1) is 9.24. The van der Waals surface area contributed by atoms with Crippen molar-refractivity contribution in [2.45, 2.75) is 32.1 Å². The van der Waals surface area contributed by atoms with Crippen molar-refractivity contribution in [1.29, 1.82) is 0 Å². The van der Waals surface area contributed by atoms with Crippen LogP contribution < -0.4 is 15.0 Å². The van der Waals surface area contributed by atoms with Crippen LogP contribution >= 0.6 is 0 Å². The number of nitrogens with one attached hydrogen (secondary N) is 1. The highest BCUT2D eigenvalue weighted by Gasteiger charge is 2.36. The minimum Gasteiger partial charge on any atom is -0.495 e. The molecule has 0 amide bonds. The van der Waals surface area contributed by atoms with E-state index in [1.165, 1.54) is 43.5 Å². The van der Waals surface area contributed by atoms with Crippen LogP contribution in [0.3, 0.4) is 0 Å². The molecule has 3 rings (SSSR count). The van der Waals surface area contributed by atoms with Crippen molar-refractivity contribution in [3.63, 3.8) is 0 Å². The Labute approximate surface area is 115 Å². The van der Waals surface area contributed by atoms with Crippen LogP contribution in [-0.2, 0) is 0 Å². The van der Waals surface area contributed by atoms with Crippen LogP contribution in [0, 0.1) is 5.41 Å². The fourth-order valence-electron chi connectivity index (χ4n) is 3.78. The molecule has 1 aromatic rings. The summed E-state index contributed by atoms with van der Waals surface area (Å²) in [6, 6.07) is 6.28. The number of rotatable bonds is 1. The fraction of sp³-hybridized carbons (Fsp3) is 0.625. The largest absolute Gasteiger partial charge is 0.495 e. The van der Waals surface area contributed by atoms with Crippen molar-refractivity contribution in [2.24, 2.45) is 5.41 Å². The van der Waals surface area contributed by atoms with E-state index in [2.05, 4.69) is 35.5 Å². The molecular weight excluding hydrogens is 236 g/mol. The minimum absolute atomic E-state index is 0.441. The summed E-state index contributed by atoms with van der Waals surface area (Å²) < 4.78 is 5.53. The molecule has 2 aliphatic rings. The zero-order valence-corrected chi connectivity index (χ0v) is 12.0.